The van der Waals surface area contributed by atoms with Crippen LogP contribution in [0.25, 0.3) is 0 Å². The Morgan fingerprint density at radius 2 is 1.35 bits per heavy atom. The molecule has 5 nitrogen and oxygen atoms in total. The lowest BCUT2D eigenvalue weighted by Crippen LogP contribution is -2.48. The van der Waals surface area contributed by atoms with Gasteiger partial charge in [0.1, 0.15) is 0 Å². The second-order valence-corrected chi connectivity index (χ2v) is 5.21. The topological polar surface area (TPSA) is 70.2 Å². The van der Waals surface area contributed by atoms with Crippen LogP contribution < -0.4 is 16.0 Å². The van der Waals surface area contributed by atoms with Crippen LogP contribution in [0, 0.1) is 0 Å². The molecule has 0 radical (unpaired) electrons. The van der Waals surface area contributed by atoms with Crippen LogP contribution in [0.15, 0.2) is 60.7 Å². The molecule has 1 atom stereocenters. The van der Waals surface area contributed by atoms with Crippen molar-refractivity contribution < 1.29 is 9.59 Å². The van der Waals surface area contributed by atoms with Gasteiger partial charge < -0.3 is 5.32 Å². The predicted molar refractivity (Wildman–Crippen MR) is 89.9 cm³/mol. The van der Waals surface area contributed by atoms with E-state index in [0.29, 0.717) is 0 Å². The van der Waals surface area contributed by atoms with Crippen LogP contribution in [0.3, 0.4) is 0 Å². The third-order valence-electron chi connectivity index (χ3n) is 3.54. The lowest BCUT2D eigenvalue weighted by molar-refractivity contribution is -0.121. The SMILES string of the molecule is CNC(=O)NC(=O)[C@H](C)NC(c1ccccc1)c1ccccc1. The van der Waals surface area contributed by atoms with E-state index in [4.69, 9.17) is 0 Å². The van der Waals surface area contributed by atoms with E-state index in [0.717, 1.165) is 11.1 Å². The zero-order chi connectivity index (χ0) is 16.7. The standard InChI is InChI=1S/C18H21N3O2/c1-13(17(22)21-18(23)19-2)20-16(14-9-5-3-6-10-14)15-11-7-4-8-12-15/h3-13,16,20H,1-2H3,(H2,19,21,22,23)/t13-/m0/s1. The quantitative estimate of drug-likeness (QED) is 0.793. The van der Waals surface area contributed by atoms with Gasteiger partial charge in [0, 0.05) is 7.05 Å². The number of benzene rings is 2. The van der Waals surface area contributed by atoms with Crippen molar-refractivity contribution in [1.82, 2.24) is 16.0 Å². The van der Waals surface area contributed by atoms with Gasteiger partial charge in [0.25, 0.3) is 0 Å². The first-order valence-corrected chi connectivity index (χ1v) is 7.50. The molecule has 0 bridgehead atoms. The molecule has 5 heteroatoms. The molecular formula is C18H21N3O2. The smallest absolute Gasteiger partial charge is 0.321 e. The number of imide groups is 1. The van der Waals surface area contributed by atoms with Crippen LogP contribution >= 0.6 is 0 Å². The molecule has 0 aromatic heterocycles. The summed E-state index contributed by atoms with van der Waals surface area (Å²) in [4.78, 5) is 23.4. The van der Waals surface area contributed by atoms with Gasteiger partial charge in [-0.2, -0.15) is 0 Å². The molecule has 2 rings (SSSR count). The van der Waals surface area contributed by atoms with Gasteiger partial charge >= 0.3 is 6.03 Å². The van der Waals surface area contributed by atoms with Crippen LogP contribution in [-0.2, 0) is 4.79 Å². The molecule has 2 aromatic rings. The van der Waals surface area contributed by atoms with Gasteiger partial charge in [-0.1, -0.05) is 60.7 Å². The van der Waals surface area contributed by atoms with E-state index in [1.807, 2.05) is 60.7 Å². The van der Waals surface area contributed by atoms with E-state index < -0.39 is 12.1 Å². The van der Waals surface area contributed by atoms with Gasteiger partial charge in [0.15, 0.2) is 0 Å². The number of rotatable bonds is 5. The first-order chi connectivity index (χ1) is 11.1. The van der Waals surface area contributed by atoms with E-state index in [9.17, 15) is 9.59 Å². The summed E-state index contributed by atoms with van der Waals surface area (Å²) in [6.45, 7) is 1.73. The Balaban J connectivity index is 2.19. The van der Waals surface area contributed by atoms with Gasteiger partial charge in [-0.3, -0.25) is 15.4 Å². The van der Waals surface area contributed by atoms with Gasteiger partial charge in [0.2, 0.25) is 5.91 Å². The fourth-order valence-corrected chi connectivity index (χ4v) is 2.28. The fourth-order valence-electron chi connectivity index (χ4n) is 2.28. The molecule has 0 unspecified atom stereocenters. The average molecular weight is 311 g/mol. The van der Waals surface area contributed by atoms with E-state index in [1.54, 1.807) is 6.92 Å². The zero-order valence-corrected chi connectivity index (χ0v) is 13.2. The Morgan fingerprint density at radius 3 is 1.78 bits per heavy atom. The van der Waals surface area contributed by atoms with Crippen molar-refractivity contribution in [3.63, 3.8) is 0 Å². The third-order valence-corrected chi connectivity index (χ3v) is 3.54. The summed E-state index contributed by atoms with van der Waals surface area (Å²) >= 11 is 0. The largest absolute Gasteiger partial charge is 0.341 e. The summed E-state index contributed by atoms with van der Waals surface area (Å²) in [6, 6.07) is 18.6. The van der Waals surface area contributed by atoms with Gasteiger partial charge in [-0.15, -0.1) is 0 Å². The summed E-state index contributed by atoms with van der Waals surface area (Å²) < 4.78 is 0. The molecule has 0 saturated heterocycles. The minimum Gasteiger partial charge on any atom is -0.341 e. The van der Waals surface area contributed by atoms with E-state index in [2.05, 4.69) is 16.0 Å². The lowest BCUT2D eigenvalue weighted by Gasteiger charge is -2.23. The Morgan fingerprint density at radius 1 is 0.870 bits per heavy atom. The summed E-state index contributed by atoms with van der Waals surface area (Å²) in [7, 11) is 1.47. The van der Waals surface area contributed by atoms with E-state index >= 15 is 0 Å². The van der Waals surface area contributed by atoms with Gasteiger partial charge in [-0.25, -0.2) is 4.79 Å². The molecule has 0 fully saturated rings. The molecule has 0 heterocycles. The number of hydrogen-bond acceptors (Lipinski definition) is 3. The monoisotopic (exact) mass is 311 g/mol. The molecule has 120 valence electrons. The first-order valence-electron chi connectivity index (χ1n) is 7.50. The van der Waals surface area contributed by atoms with Crippen LogP contribution in [0.2, 0.25) is 0 Å². The number of carbonyl (C=O) groups excluding carboxylic acids is 2. The molecule has 0 aliphatic heterocycles. The summed E-state index contributed by atoms with van der Waals surface area (Å²) in [5, 5.41) is 7.94. The lowest BCUT2D eigenvalue weighted by atomic mass is 9.98. The highest BCUT2D eigenvalue weighted by Gasteiger charge is 2.21. The number of amides is 3. The predicted octanol–water partition coefficient (Wildman–Crippen LogP) is 2.21. The van der Waals surface area contributed by atoms with Crippen molar-refractivity contribution in [3.8, 4) is 0 Å². The van der Waals surface area contributed by atoms with Crippen molar-refractivity contribution in [3.05, 3.63) is 71.8 Å². The summed E-state index contributed by atoms with van der Waals surface area (Å²) in [5.74, 6) is -0.374. The van der Waals surface area contributed by atoms with Crippen LogP contribution in [0.5, 0.6) is 0 Å². The third kappa shape index (κ3) is 4.66. The van der Waals surface area contributed by atoms with Gasteiger partial charge in [-0.05, 0) is 18.1 Å². The molecule has 2 aromatic carbocycles. The minimum atomic E-state index is -0.530. The number of carbonyl (C=O) groups is 2. The molecule has 0 saturated carbocycles. The van der Waals surface area contributed by atoms with Crippen molar-refractivity contribution in [2.24, 2.45) is 0 Å². The molecule has 0 aliphatic rings. The molecule has 23 heavy (non-hydrogen) atoms. The Bertz CT molecular complexity index is 604. The minimum absolute atomic E-state index is 0.136. The Labute approximate surface area is 136 Å². The van der Waals surface area contributed by atoms with Crippen LogP contribution in [-0.4, -0.2) is 25.0 Å². The molecule has 0 spiro atoms. The second kappa shape index (κ2) is 8.10. The molecular weight excluding hydrogens is 290 g/mol. The van der Waals surface area contributed by atoms with Crippen molar-refractivity contribution in [1.29, 1.82) is 0 Å². The van der Waals surface area contributed by atoms with Crippen molar-refractivity contribution in [2.45, 2.75) is 19.0 Å². The maximum Gasteiger partial charge on any atom is 0.321 e. The van der Waals surface area contributed by atoms with Crippen LogP contribution in [0.4, 0.5) is 4.79 Å². The molecule has 0 aliphatic carbocycles. The van der Waals surface area contributed by atoms with E-state index in [-0.39, 0.29) is 11.9 Å². The normalized spacial score (nSPS) is 11.8. The highest BCUT2D eigenvalue weighted by atomic mass is 16.2. The first kappa shape index (κ1) is 16.7. The number of nitrogens with one attached hydrogen (secondary N) is 3. The van der Waals surface area contributed by atoms with Crippen molar-refractivity contribution >= 4 is 11.9 Å². The van der Waals surface area contributed by atoms with E-state index in [1.165, 1.54) is 7.05 Å². The Kier molecular flexibility index (Phi) is 5.88. The fraction of sp³-hybridized carbons (Fsp3) is 0.222. The van der Waals surface area contributed by atoms with Gasteiger partial charge in [0.05, 0.1) is 12.1 Å². The maximum atomic E-state index is 12.1. The second-order valence-electron chi connectivity index (χ2n) is 5.21. The average Bonchev–Trinajstić information content (AvgIpc) is 2.60. The highest BCUT2D eigenvalue weighted by molar-refractivity contribution is 5.96. The highest BCUT2D eigenvalue weighted by Crippen LogP contribution is 2.22. The number of hydrogen-bond donors (Lipinski definition) is 3. The summed E-state index contributed by atoms with van der Waals surface area (Å²) in [6.07, 6.45) is 0. The number of urea groups is 1. The van der Waals surface area contributed by atoms with Crippen molar-refractivity contribution in [2.75, 3.05) is 7.05 Å². The maximum absolute atomic E-state index is 12.1. The summed E-state index contributed by atoms with van der Waals surface area (Å²) in [5.41, 5.74) is 2.11. The zero-order valence-electron chi connectivity index (χ0n) is 13.2. The molecule has 3 N–H and O–H groups in total. The Hall–Kier alpha value is -2.66. The van der Waals surface area contributed by atoms with Crippen LogP contribution in [0.1, 0.15) is 24.1 Å². The molecule has 3 amide bonds.